The number of piperidine rings is 1. The van der Waals surface area contributed by atoms with Crippen LogP contribution in [-0.4, -0.2) is 39.8 Å². The molecule has 3 aromatic heterocycles. The number of imidazole rings is 1. The van der Waals surface area contributed by atoms with Gasteiger partial charge in [-0.3, -0.25) is 9.69 Å². The van der Waals surface area contributed by atoms with E-state index >= 15 is 0 Å². The Hall–Kier alpha value is -2.60. The first kappa shape index (κ1) is 16.8. The van der Waals surface area contributed by atoms with Gasteiger partial charge in [-0.25, -0.2) is 4.98 Å². The lowest BCUT2D eigenvalue weighted by atomic mass is 9.98. The van der Waals surface area contributed by atoms with E-state index in [-0.39, 0.29) is 5.91 Å². The van der Waals surface area contributed by atoms with Crippen LogP contribution in [-0.2, 0) is 6.54 Å². The number of amides is 1. The van der Waals surface area contributed by atoms with E-state index in [1.54, 1.807) is 12.5 Å². The van der Waals surface area contributed by atoms with E-state index in [9.17, 15) is 4.79 Å². The van der Waals surface area contributed by atoms with Crippen molar-refractivity contribution in [1.82, 2.24) is 19.6 Å². The summed E-state index contributed by atoms with van der Waals surface area (Å²) >= 11 is 0. The Morgan fingerprint density at radius 3 is 3.12 bits per heavy atom. The Kier molecular flexibility index (Phi) is 4.75. The van der Waals surface area contributed by atoms with Crippen LogP contribution in [0.15, 0.2) is 47.3 Å². The number of carbonyl (C=O) groups is 1. The molecule has 1 N–H and O–H groups in total. The van der Waals surface area contributed by atoms with Crippen molar-refractivity contribution in [1.29, 1.82) is 0 Å². The number of aryl methyl sites for hydroxylation is 1. The van der Waals surface area contributed by atoms with Gasteiger partial charge in [-0.05, 0) is 56.0 Å². The minimum atomic E-state index is -0.102. The molecule has 1 atom stereocenters. The fourth-order valence-electron chi connectivity index (χ4n) is 3.62. The quantitative estimate of drug-likeness (QED) is 0.767. The number of nitrogens with one attached hydrogen (secondary N) is 1. The van der Waals surface area contributed by atoms with Crippen LogP contribution in [0.5, 0.6) is 0 Å². The summed E-state index contributed by atoms with van der Waals surface area (Å²) in [6.45, 7) is 5.60. The second-order valence-corrected chi connectivity index (χ2v) is 7.13. The molecule has 1 amide bonds. The molecule has 3 aromatic rings. The molecule has 0 spiro atoms. The highest BCUT2D eigenvalue weighted by molar-refractivity contribution is 5.92. The van der Waals surface area contributed by atoms with Gasteiger partial charge in [0, 0.05) is 25.5 Å². The zero-order chi connectivity index (χ0) is 17.9. The van der Waals surface area contributed by atoms with Crippen molar-refractivity contribution in [3.8, 4) is 0 Å². The number of hydrogen-bond acceptors (Lipinski definition) is 4. The number of nitrogens with zero attached hydrogens (tertiary/aromatic N) is 3. The highest BCUT2D eigenvalue weighted by atomic mass is 16.3. The van der Waals surface area contributed by atoms with Gasteiger partial charge in [-0.15, -0.1) is 0 Å². The molecule has 4 heterocycles. The van der Waals surface area contributed by atoms with Gasteiger partial charge in [0.1, 0.15) is 17.1 Å². The number of rotatable bonds is 5. The fourth-order valence-corrected chi connectivity index (χ4v) is 3.62. The summed E-state index contributed by atoms with van der Waals surface area (Å²) in [5.41, 5.74) is 2.41. The minimum Gasteiger partial charge on any atom is -0.468 e. The SMILES string of the molecule is Cc1ccc2nc(C(=O)NC[C@H]3CCCN(Cc4ccco4)C3)cn2c1. The number of aromatic nitrogens is 2. The molecular weight excluding hydrogens is 328 g/mol. The van der Waals surface area contributed by atoms with E-state index in [0.717, 1.165) is 49.4 Å². The maximum absolute atomic E-state index is 12.5. The Labute approximate surface area is 152 Å². The summed E-state index contributed by atoms with van der Waals surface area (Å²) in [5.74, 6) is 1.35. The monoisotopic (exact) mass is 352 g/mol. The second kappa shape index (κ2) is 7.33. The lowest BCUT2D eigenvalue weighted by Gasteiger charge is -2.32. The maximum atomic E-state index is 12.5. The molecule has 1 aliphatic rings. The van der Waals surface area contributed by atoms with Crippen LogP contribution in [0.4, 0.5) is 0 Å². The van der Waals surface area contributed by atoms with Gasteiger partial charge in [0.15, 0.2) is 0 Å². The van der Waals surface area contributed by atoms with Crippen LogP contribution < -0.4 is 5.32 Å². The van der Waals surface area contributed by atoms with Crippen LogP contribution in [0.2, 0.25) is 0 Å². The standard InChI is InChI=1S/C20H24N4O2/c1-15-6-7-19-22-18(14-24(19)11-15)20(25)21-10-16-4-2-8-23(12-16)13-17-5-3-9-26-17/h3,5-7,9,11,14,16H,2,4,8,10,12-13H2,1H3,(H,21,25)/t16-/m1/s1. The largest absolute Gasteiger partial charge is 0.468 e. The molecule has 1 aliphatic heterocycles. The average molecular weight is 352 g/mol. The lowest BCUT2D eigenvalue weighted by molar-refractivity contribution is 0.0924. The molecular formula is C20H24N4O2. The van der Waals surface area contributed by atoms with Crippen LogP contribution >= 0.6 is 0 Å². The highest BCUT2D eigenvalue weighted by Gasteiger charge is 2.21. The van der Waals surface area contributed by atoms with E-state index in [2.05, 4.69) is 15.2 Å². The first-order chi connectivity index (χ1) is 12.7. The normalized spacial score (nSPS) is 18.3. The van der Waals surface area contributed by atoms with Crippen LogP contribution in [0.3, 0.4) is 0 Å². The maximum Gasteiger partial charge on any atom is 0.271 e. The molecule has 1 saturated heterocycles. The molecule has 0 aliphatic carbocycles. The third-order valence-corrected chi connectivity index (χ3v) is 4.95. The van der Waals surface area contributed by atoms with Gasteiger partial charge in [0.25, 0.3) is 5.91 Å². The molecule has 0 bridgehead atoms. The number of hydrogen-bond donors (Lipinski definition) is 1. The van der Waals surface area contributed by atoms with E-state index in [1.165, 1.54) is 0 Å². The van der Waals surface area contributed by atoms with E-state index in [1.807, 2.05) is 41.8 Å². The summed E-state index contributed by atoms with van der Waals surface area (Å²) < 4.78 is 7.34. The number of likely N-dealkylation sites (tertiary alicyclic amines) is 1. The molecule has 6 nitrogen and oxygen atoms in total. The molecule has 136 valence electrons. The minimum absolute atomic E-state index is 0.102. The molecule has 26 heavy (non-hydrogen) atoms. The summed E-state index contributed by atoms with van der Waals surface area (Å²) in [6.07, 6.45) is 7.77. The van der Waals surface area contributed by atoms with Crippen molar-refractivity contribution >= 4 is 11.6 Å². The number of carbonyl (C=O) groups excluding carboxylic acids is 1. The number of furan rings is 1. The summed E-state index contributed by atoms with van der Waals surface area (Å²) in [7, 11) is 0. The highest BCUT2D eigenvalue weighted by Crippen LogP contribution is 2.18. The van der Waals surface area contributed by atoms with Crippen molar-refractivity contribution in [3.63, 3.8) is 0 Å². The predicted molar refractivity (Wildman–Crippen MR) is 99.0 cm³/mol. The summed E-state index contributed by atoms with van der Waals surface area (Å²) in [6, 6.07) is 7.86. The predicted octanol–water partition coefficient (Wildman–Crippen LogP) is 2.88. The Balaban J connectivity index is 1.33. The first-order valence-electron chi connectivity index (χ1n) is 9.16. The Bertz CT molecular complexity index is 884. The lowest BCUT2D eigenvalue weighted by Crippen LogP contribution is -2.40. The molecule has 4 rings (SSSR count). The van der Waals surface area contributed by atoms with Crippen molar-refractivity contribution in [2.75, 3.05) is 19.6 Å². The molecule has 0 radical (unpaired) electrons. The van der Waals surface area contributed by atoms with Crippen LogP contribution in [0.1, 0.15) is 34.7 Å². The van der Waals surface area contributed by atoms with Crippen molar-refractivity contribution in [2.45, 2.75) is 26.3 Å². The third-order valence-electron chi connectivity index (χ3n) is 4.95. The van der Waals surface area contributed by atoms with Crippen LogP contribution in [0.25, 0.3) is 5.65 Å². The topological polar surface area (TPSA) is 62.8 Å². The number of pyridine rings is 1. The zero-order valence-corrected chi connectivity index (χ0v) is 15.0. The van der Waals surface area contributed by atoms with Crippen molar-refractivity contribution in [3.05, 3.63) is 59.9 Å². The van der Waals surface area contributed by atoms with Gasteiger partial charge < -0.3 is 14.1 Å². The van der Waals surface area contributed by atoms with E-state index < -0.39 is 0 Å². The average Bonchev–Trinajstić information content (AvgIpc) is 3.29. The smallest absolute Gasteiger partial charge is 0.271 e. The second-order valence-electron chi connectivity index (χ2n) is 7.13. The summed E-state index contributed by atoms with van der Waals surface area (Å²) in [5, 5.41) is 3.06. The summed E-state index contributed by atoms with van der Waals surface area (Å²) in [4.78, 5) is 19.3. The van der Waals surface area contributed by atoms with Crippen molar-refractivity contribution in [2.24, 2.45) is 5.92 Å². The van der Waals surface area contributed by atoms with Crippen molar-refractivity contribution < 1.29 is 9.21 Å². The molecule has 6 heteroatoms. The van der Waals surface area contributed by atoms with E-state index in [0.29, 0.717) is 18.2 Å². The first-order valence-corrected chi connectivity index (χ1v) is 9.16. The van der Waals surface area contributed by atoms with E-state index in [4.69, 9.17) is 4.42 Å². The Morgan fingerprint density at radius 2 is 2.27 bits per heavy atom. The molecule has 0 aromatic carbocycles. The number of fused-ring (bicyclic) bond motifs is 1. The van der Waals surface area contributed by atoms with Gasteiger partial charge in [-0.1, -0.05) is 6.07 Å². The zero-order valence-electron chi connectivity index (χ0n) is 15.0. The molecule has 0 unspecified atom stereocenters. The van der Waals surface area contributed by atoms with Gasteiger partial charge in [0.2, 0.25) is 0 Å². The molecule has 1 fully saturated rings. The Morgan fingerprint density at radius 1 is 1.35 bits per heavy atom. The fraction of sp³-hybridized carbons (Fsp3) is 0.400. The van der Waals surface area contributed by atoms with Gasteiger partial charge >= 0.3 is 0 Å². The van der Waals surface area contributed by atoms with Gasteiger partial charge in [0.05, 0.1) is 12.8 Å². The molecule has 0 saturated carbocycles. The van der Waals surface area contributed by atoms with Crippen LogP contribution in [0, 0.1) is 12.8 Å². The third kappa shape index (κ3) is 3.80. The van der Waals surface area contributed by atoms with Gasteiger partial charge in [-0.2, -0.15) is 0 Å².